The highest BCUT2D eigenvalue weighted by Gasteiger charge is 2.22. The summed E-state index contributed by atoms with van der Waals surface area (Å²) in [5.74, 6) is 0.898. The summed E-state index contributed by atoms with van der Waals surface area (Å²) in [6.07, 6.45) is -0.987. The maximum Gasteiger partial charge on any atom is 0.338 e. The van der Waals surface area contributed by atoms with Gasteiger partial charge >= 0.3 is 5.97 Å². The van der Waals surface area contributed by atoms with E-state index in [1.54, 1.807) is 42.5 Å². The number of hydrogen-bond donors (Lipinski definition) is 3. The summed E-state index contributed by atoms with van der Waals surface area (Å²) < 4.78 is 46.3. The standard InChI is InChI=1S/C40H40N2O7S.CH4/c1-26-20-38(27(2)28(3)39(26)31-12-14-32(15-13-31)40(44)49-24-29-8-5-4-6-9-29)47-19-18-41-23-37(43)35-17-16-33-22-36(35)42-50(45,46)34-11-7-10-30(21-34)25-48-33;/h4-17,20-22,37,41-43H,18-19,23-25H2,1-3H3;1H4. The second-order valence-corrected chi connectivity index (χ2v) is 14.0. The zero-order valence-corrected chi connectivity index (χ0v) is 29.0. The monoisotopic (exact) mass is 708 g/mol. The number of sulfonamides is 1. The normalized spacial score (nSPS) is 13.5. The second kappa shape index (κ2) is 16.2. The van der Waals surface area contributed by atoms with Crippen LogP contribution in [0.3, 0.4) is 0 Å². The fourth-order valence-corrected chi connectivity index (χ4v) is 7.13. The molecule has 5 aromatic carbocycles. The van der Waals surface area contributed by atoms with Crippen molar-refractivity contribution < 1.29 is 32.5 Å². The molecule has 266 valence electrons. The largest absolute Gasteiger partial charge is 0.492 e. The molecule has 0 radical (unpaired) electrons. The van der Waals surface area contributed by atoms with Crippen molar-refractivity contribution in [1.82, 2.24) is 5.32 Å². The summed E-state index contributed by atoms with van der Waals surface area (Å²) in [6.45, 7) is 7.55. The maximum absolute atomic E-state index is 13.1. The number of rotatable bonds is 11. The number of esters is 1. The fraction of sp³-hybridized carbons (Fsp3) is 0.244. The number of fused-ring (bicyclic) bond motifs is 4. The highest BCUT2D eigenvalue weighted by Crippen LogP contribution is 2.35. The zero-order valence-electron chi connectivity index (χ0n) is 28.2. The van der Waals surface area contributed by atoms with Gasteiger partial charge in [-0.15, -0.1) is 0 Å². The van der Waals surface area contributed by atoms with Gasteiger partial charge in [-0.2, -0.15) is 0 Å². The van der Waals surface area contributed by atoms with Crippen molar-refractivity contribution in [3.8, 4) is 22.6 Å². The minimum absolute atomic E-state index is 0. The highest BCUT2D eigenvalue weighted by atomic mass is 32.2. The number of anilines is 1. The molecule has 0 saturated carbocycles. The zero-order chi connectivity index (χ0) is 35.3. The lowest BCUT2D eigenvalue weighted by atomic mass is 9.91. The molecule has 0 aliphatic carbocycles. The Kier molecular flexibility index (Phi) is 11.8. The van der Waals surface area contributed by atoms with Gasteiger partial charge in [-0.3, -0.25) is 4.72 Å². The number of carbonyl (C=O) groups excluding carboxylic acids is 1. The summed E-state index contributed by atoms with van der Waals surface area (Å²) >= 11 is 0. The first-order valence-electron chi connectivity index (χ1n) is 16.4. The molecule has 0 aromatic heterocycles. The summed E-state index contributed by atoms with van der Waals surface area (Å²) in [5.41, 5.74) is 8.08. The van der Waals surface area contributed by atoms with Gasteiger partial charge in [0.05, 0.1) is 22.3 Å². The van der Waals surface area contributed by atoms with Crippen molar-refractivity contribution in [2.24, 2.45) is 0 Å². The van der Waals surface area contributed by atoms with Gasteiger partial charge in [-0.1, -0.05) is 68.1 Å². The van der Waals surface area contributed by atoms with E-state index in [2.05, 4.69) is 17.0 Å². The van der Waals surface area contributed by atoms with E-state index in [0.29, 0.717) is 30.0 Å². The average Bonchev–Trinajstić information content (AvgIpc) is 3.12. The lowest BCUT2D eigenvalue weighted by Crippen LogP contribution is -2.27. The highest BCUT2D eigenvalue weighted by molar-refractivity contribution is 7.92. The van der Waals surface area contributed by atoms with Crippen LogP contribution in [0.1, 0.15) is 57.3 Å². The average molecular weight is 709 g/mol. The molecule has 0 spiro atoms. The Morgan fingerprint density at radius 3 is 2.45 bits per heavy atom. The van der Waals surface area contributed by atoms with Gasteiger partial charge in [-0.25, -0.2) is 13.2 Å². The van der Waals surface area contributed by atoms with E-state index in [1.165, 1.54) is 6.07 Å². The van der Waals surface area contributed by atoms with Crippen LogP contribution in [0.25, 0.3) is 11.1 Å². The van der Waals surface area contributed by atoms with Crippen LogP contribution in [-0.2, 0) is 28.0 Å². The van der Waals surface area contributed by atoms with E-state index in [-0.39, 0.29) is 43.7 Å². The van der Waals surface area contributed by atoms with Gasteiger partial charge in [0, 0.05) is 24.7 Å². The topological polar surface area (TPSA) is 123 Å². The fourth-order valence-electron chi connectivity index (χ4n) is 5.98. The van der Waals surface area contributed by atoms with E-state index in [0.717, 1.165) is 44.7 Å². The first-order chi connectivity index (χ1) is 24.1. The van der Waals surface area contributed by atoms with Crippen LogP contribution >= 0.6 is 0 Å². The third kappa shape index (κ3) is 8.78. The van der Waals surface area contributed by atoms with E-state index < -0.39 is 16.1 Å². The minimum Gasteiger partial charge on any atom is -0.492 e. The molecular formula is C41H44N2O7S. The summed E-state index contributed by atoms with van der Waals surface area (Å²) in [4.78, 5) is 12.7. The second-order valence-electron chi connectivity index (χ2n) is 12.3. The third-order valence-corrected chi connectivity index (χ3v) is 10.2. The van der Waals surface area contributed by atoms with Crippen LogP contribution in [0.4, 0.5) is 5.69 Å². The number of aliphatic hydroxyl groups excluding tert-OH is 1. The molecule has 1 aliphatic rings. The van der Waals surface area contributed by atoms with Crippen LogP contribution in [-0.4, -0.2) is 39.2 Å². The van der Waals surface area contributed by atoms with Crippen molar-refractivity contribution in [2.45, 2.75) is 52.4 Å². The molecule has 3 N–H and O–H groups in total. The molecule has 1 atom stereocenters. The van der Waals surface area contributed by atoms with Crippen molar-refractivity contribution in [2.75, 3.05) is 24.4 Å². The first kappa shape index (κ1) is 37.1. The summed E-state index contributed by atoms with van der Waals surface area (Å²) in [6, 6.07) is 30.6. The van der Waals surface area contributed by atoms with E-state index in [9.17, 15) is 18.3 Å². The molecule has 1 heterocycles. The SMILES string of the molecule is C.Cc1cc(OCCNCC(O)c2ccc3cc2NS(=O)(=O)c2cccc(c2)CO3)c(C)c(C)c1-c1ccc(C(=O)OCc2ccccc2)cc1. The minimum atomic E-state index is -3.86. The Labute approximate surface area is 300 Å². The van der Waals surface area contributed by atoms with E-state index in [1.807, 2.05) is 68.4 Å². The van der Waals surface area contributed by atoms with Crippen molar-refractivity contribution in [3.05, 3.63) is 142 Å². The summed E-state index contributed by atoms with van der Waals surface area (Å²) in [7, 11) is -3.86. The molecule has 0 amide bonds. The van der Waals surface area contributed by atoms with Crippen molar-refractivity contribution >= 4 is 21.7 Å². The number of aliphatic hydroxyl groups is 1. The third-order valence-electron chi connectivity index (χ3n) is 8.79. The number of benzene rings is 5. The number of aryl methyl sites for hydroxylation is 1. The van der Waals surface area contributed by atoms with Gasteiger partial charge < -0.3 is 24.6 Å². The van der Waals surface area contributed by atoms with Crippen molar-refractivity contribution in [1.29, 1.82) is 0 Å². The van der Waals surface area contributed by atoms with Crippen molar-refractivity contribution in [3.63, 3.8) is 0 Å². The van der Waals surface area contributed by atoms with Crippen LogP contribution in [0.2, 0.25) is 0 Å². The van der Waals surface area contributed by atoms with Crippen LogP contribution in [0.15, 0.2) is 108 Å². The lowest BCUT2D eigenvalue weighted by Gasteiger charge is -2.21. The van der Waals surface area contributed by atoms with E-state index >= 15 is 0 Å². The molecule has 0 saturated heterocycles. The summed E-state index contributed by atoms with van der Waals surface area (Å²) in [5, 5.41) is 14.2. The molecule has 10 heteroatoms. The van der Waals surface area contributed by atoms with E-state index in [4.69, 9.17) is 14.2 Å². The van der Waals surface area contributed by atoms with Crippen LogP contribution in [0, 0.1) is 20.8 Å². The Hall–Kier alpha value is -5.16. The lowest BCUT2D eigenvalue weighted by molar-refractivity contribution is 0.0472. The molecule has 6 rings (SSSR count). The molecular weight excluding hydrogens is 665 g/mol. The van der Waals surface area contributed by atoms with Crippen LogP contribution < -0.4 is 19.5 Å². The molecule has 4 bridgehead atoms. The van der Waals surface area contributed by atoms with Gasteiger partial charge in [0.15, 0.2) is 0 Å². The molecule has 1 unspecified atom stereocenters. The Morgan fingerprint density at radius 1 is 0.922 bits per heavy atom. The predicted molar refractivity (Wildman–Crippen MR) is 200 cm³/mol. The Bertz CT molecular complexity index is 2100. The molecule has 5 aromatic rings. The molecule has 1 aliphatic heterocycles. The number of carbonyl (C=O) groups is 1. The number of nitrogens with one attached hydrogen (secondary N) is 2. The van der Waals surface area contributed by atoms with Gasteiger partial charge in [0.1, 0.15) is 31.3 Å². The Balaban J connectivity index is 0.00000504. The predicted octanol–water partition coefficient (Wildman–Crippen LogP) is 7.67. The van der Waals surface area contributed by atoms with Gasteiger partial charge in [0.2, 0.25) is 0 Å². The van der Waals surface area contributed by atoms with Crippen LogP contribution in [0.5, 0.6) is 11.5 Å². The molecule has 0 fully saturated rings. The first-order valence-corrected chi connectivity index (χ1v) is 17.9. The Morgan fingerprint density at radius 2 is 1.69 bits per heavy atom. The number of ether oxygens (including phenoxy) is 3. The smallest absolute Gasteiger partial charge is 0.338 e. The quantitative estimate of drug-likeness (QED) is 0.0944. The number of hydrogen-bond acceptors (Lipinski definition) is 8. The molecule has 9 nitrogen and oxygen atoms in total. The van der Waals surface area contributed by atoms with Gasteiger partial charge in [-0.05, 0) is 96.1 Å². The maximum atomic E-state index is 13.1. The molecule has 51 heavy (non-hydrogen) atoms. The van der Waals surface area contributed by atoms with Gasteiger partial charge in [0.25, 0.3) is 10.0 Å².